The lowest BCUT2D eigenvalue weighted by Gasteiger charge is -2.10. The molecule has 5 nitrogen and oxygen atoms in total. The van der Waals surface area contributed by atoms with Crippen LogP contribution in [0.2, 0.25) is 0 Å². The van der Waals surface area contributed by atoms with Gasteiger partial charge in [-0.1, -0.05) is 17.3 Å². The van der Waals surface area contributed by atoms with Gasteiger partial charge in [0.05, 0.1) is 0 Å². The van der Waals surface area contributed by atoms with Gasteiger partial charge in [0.1, 0.15) is 18.9 Å². The standard InChI is InChI=1S/C14H17FN2O3/c1-16-7-10-4-3-5-13(15)14(10)19-8-11-6-12(9-18-2)20-17-11/h3-6,16H,7-9H2,1-2H3. The van der Waals surface area contributed by atoms with E-state index >= 15 is 0 Å². The number of methoxy groups -OCH3 is 1. The average Bonchev–Trinajstić information content (AvgIpc) is 2.87. The van der Waals surface area contributed by atoms with Crippen LogP contribution in [0.25, 0.3) is 0 Å². The Balaban J connectivity index is 2.05. The zero-order valence-electron chi connectivity index (χ0n) is 11.5. The summed E-state index contributed by atoms with van der Waals surface area (Å²) in [6.07, 6.45) is 0. The number of ether oxygens (including phenoxy) is 2. The van der Waals surface area contributed by atoms with Crippen LogP contribution in [0.15, 0.2) is 28.8 Å². The first kappa shape index (κ1) is 14.5. The molecule has 0 atom stereocenters. The van der Waals surface area contributed by atoms with Crippen LogP contribution in [-0.2, 0) is 24.5 Å². The van der Waals surface area contributed by atoms with Crippen molar-refractivity contribution in [2.24, 2.45) is 0 Å². The minimum Gasteiger partial charge on any atom is -0.484 e. The van der Waals surface area contributed by atoms with E-state index in [1.165, 1.54) is 6.07 Å². The molecule has 6 heteroatoms. The Morgan fingerprint density at radius 3 is 2.95 bits per heavy atom. The first-order valence-electron chi connectivity index (χ1n) is 6.22. The van der Waals surface area contributed by atoms with Crippen LogP contribution in [0.4, 0.5) is 4.39 Å². The highest BCUT2D eigenvalue weighted by molar-refractivity contribution is 5.35. The monoisotopic (exact) mass is 280 g/mol. The van der Waals surface area contributed by atoms with E-state index in [-0.39, 0.29) is 12.4 Å². The number of hydrogen-bond donors (Lipinski definition) is 1. The van der Waals surface area contributed by atoms with Gasteiger partial charge in [0.25, 0.3) is 0 Å². The molecule has 2 rings (SSSR count). The quantitative estimate of drug-likeness (QED) is 0.843. The molecular weight excluding hydrogens is 263 g/mol. The highest BCUT2D eigenvalue weighted by Gasteiger charge is 2.11. The van der Waals surface area contributed by atoms with Gasteiger partial charge in [-0.15, -0.1) is 0 Å². The van der Waals surface area contributed by atoms with Crippen molar-refractivity contribution in [3.63, 3.8) is 0 Å². The van der Waals surface area contributed by atoms with Gasteiger partial charge in [-0.05, 0) is 13.1 Å². The molecule has 1 N–H and O–H groups in total. The van der Waals surface area contributed by atoms with E-state index in [0.717, 1.165) is 5.56 Å². The van der Waals surface area contributed by atoms with Crippen molar-refractivity contribution in [2.45, 2.75) is 19.8 Å². The number of benzene rings is 1. The van der Waals surface area contributed by atoms with Gasteiger partial charge in [0.15, 0.2) is 17.3 Å². The third-order valence-electron chi connectivity index (χ3n) is 2.67. The number of nitrogens with one attached hydrogen (secondary N) is 1. The smallest absolute Gasteiger partial charge is 0.165 e. The van der Waals surface area contributed by atoms with E-state index in [9.17, 15) is 4.39 Å². The normalized spacial score (nSPS) is 10.8. The molecule has 0 spiro atoms. The van der Waals surface area contributed by atoms with Gasteiger partial charge in [-0.25, -0.2) is 4.39 Å². The second kappa shape index (κ2) is 7.02. The van der Waals surface area contributed by atoms with Gasteiger partial charge in [0.2, 0.25) is 0 Å². The maximum Gasteiger partial charge on any atom is 0.165 e. The number of rotatable bonds is 7. The SMILES string of the molecule is CNCc1cccc(F)c1OCc1cc(COC)on1. The lowest BCUT2D eigenvalue weighted by atomic mass is 10.2. The van der Waals surface area contributed by atoms with Gasteiger partial charge < -0.3 is 19.3 Å². The Hall–Kier alpha value is -1.92. The van der Waals surface area contributed by atoms with E-state index in [0.29, 0.717) is 24.6 Å². The highest BCUT2D eigenvalue weighted by atomic mass is 19.1. The molecule has 0 aliphatic heterocycles. The van der Waals surface area contributed by atoms with E-state index in [1.807, 2.05) is 6.07 Å². The van der Waals surface area contributed by atoms with Crippen LogP contribution in [0.5, 0.6) is 5.75 Å². The minimum atomic E-state index is -0.390. The van der Waals surface area contributed by atoms with Gasteiger partial charge >= 0.3 is 0 Å². The molecule has 0 saturated carbocycles. The first-order chi connectivity index (χ1) is 9.74. The maximum atomic E-state index is 13.8. The van der Waals surface area contributed by atoms with Crippen molar-refractivity contribution in [3.8, 4) is 5.75 Å². The fraction of sp³-hybridized carbons (Fsp3) is 0.357. The summed E-state index contributed by atoms with van der Waals surface area (Å²) >= 11 is 0. The van der Waals surface area contributed by atoms with Crippen molar-refractivity contribution >= 4 is 0 Å². The van der Waals surface area contributed by atoms with Crippen LogP contribution >= 0.6 is 0 Å². The zero-order valence-corrected chi connectivity index (χ0v) is 11.5. The van der Waals surface area contributed by atoms with Gasteiger partial charge in [-0.2, -0.15) is 0 Å². The number of para-hydroxylation sites is 1. The molecule has 2 aromatic rings. The van der Waals surface area contributed by atoms with E-state index in [1.54, 1.807) is 26.3 Å². The largest absolute Gasteiger partial charge is 0.484 e. The molecule has 1 aromatic heterocycles. The van der Waals surface area contributed by atoms with E-state index < -0.39 is 5.82 Å². The summed E-state index contributed by atoms with van der Waals surface area (Å²) in [5.41, 5.74) is 1.35. The number of aromatic nitrogens is 1. The van der Waals surface area contributed by atoms with Crippen molar-refractivity contribution < 1.29 is 18.4 Å². The molecule has 108 valence electrons. The Morgan fingerprint density at radius 2 is 2.20 bits per heavy atom. The molecule has 0 unspecified atom stereocenters. The summed E-state index contributed by atoms with van der Waals surface area (Å²) in [7, 11) is 3.37. The molecule has 0 aliphatic carbocycles. The average molecular weight is 280 g/mol. The molecule has 0 aliphatic rings. The van der Waals surface area contributed by atoms with Crippen LogP contribution in [0.3, 0.4) is 0 Å². The lowest BCUT2D eigenvalue weighted by Crippen LogP contribution is -2.08. The summed E-state index contributed by atoms with van der Waals surface area (Å²) in [6, 6.07) is 6.56. The summed E-state index contributed by atoms with van der Waals surface area (Å²) in [6.45, 7) is 1.02. The Labute approximate surface area is 116 Å². The third kappa shape index (κ3) is 3.55. The molecule has 0 radical (unpaired) electrons. The summed E-state index contributed by atoms with van der Waals surface area (Å²) < 4.78 is 29.3. The summed E-state index contributed by atoms with van der Waals surface area (Å²) in [5.74, 6) is 0.451. The molecule has 0 fully saturated rings. The second-order valence-electron chi connectivity index (χ2n) is 4.26. The topological polar surface area (TPSA) is 56.5 Å². The molecule has 0 amide bonds. The van der Waals surface area contributed by atoms with E-state index in [2.05, 4.69) is 10.5 Å². The number of nitrogens with zero attached hydrogens (tertiary/aromatic N) is 1. The minimum absolute atomic E-state index is 0.144. The summed E-state index contributed by atoms with van der Waals surface area (Å²) in [5, 5.41) is 6.81. The van der Waals surface area contributed by atoms with Gasteiger partial charge in [-0.3, -0.25) is 0 Å². The maximum absolute atomic E-state index is 13.8. The van der Waals surface area contributed by atoms with Crippen molar-refractivity contribution in [1.82, 2.24) is 10.5 Å². The molecule has 20 heavy (non-hydrogen) atoms. The number of halogens is 1. The lowest BCUT2D eigenvalue weighted by molar-refractivity contribution is 0.155. The molecule has 1 heterocycles. The fourth-order valence-electron chi connectivity index (χ4n) is 1.82. The predicted octanol–water partition coefficient (Wildman–Crippen LogP) is 2.26. The molecular formula is C14H17FN2O3. The second-order valence-corrected chi connectivity index (χ2v) is 4.26. The Kier molecular flexibility index (Phi) is 5.09. The molecule has 0 saturated heterocycles. The summed E-state index contributed by atoms with van der Waals surface area (Å²) in [4.78, 5) is 0. The van der Waals surface area contributed by atoms with Crippen LogP contribution in [0, 0.1) is 5.82 Å². The number of hydrogen-bond acceptors (Lipinski definition) is 5. The third-order valence-corrected chi connectivity index (χ3v) is 2.67. The van der Waals surface area contributed by atoms with E-state index in [4.69, 9.17) is 14.0 Å². The fourth-order valence-corrected chi connectivity index (χ4v) is 1.82. The molecule has 0 bridgehead atoms. The van der Waals surface area contributed by atoms with Crippen molar-refractivity contribution in [3.05, 3.63) is 47.1 Å². The van der Waals surface area contributed by atoms with Crippen LogP contribution in [-0.4, -0.2) is 19.3 Å². The van der Waals surface area contributed by atoms with Crippen LogP contribution in [0.1, 0.15) is 17.0 Å². The first-order valence-corrected chi connectivity index (χ1v) is 6.22. The molecule has 1 aromatic carbocycles. The van der Waals surface area contributed by atoms with Crippen molar-refractivity contribution in [1.29, 1.82) is 0 Å². The van der Waals surface area contributed by atoms with Crippen LogP contribution < -0.4 is 10.1 Å². The predicted molar refractivity (Wildman–Crippen MR) is 70.7 cm³/mol. The Morgan fingerprint density at radius 1 is 1.35 bits per heavy atom. The van der Waals surface area contributed by atoms with Crippen molar-refractivity contribution in [2.75, 3.05) is 14.2 Å². The zero-order chi connectivity index (χ0) is 14.4. The highest BCUT2D eigenvalue weighted by Crippen LogP contribution is 2.23. The Bertz CT molecular complexity index is 557. The van der Waals surface area contributed by atoms with Gasteiger partial charge in [0, 0.05) is 25.3 Å².